The average Bonchev–Trinajstić information content (AvgIpc) is 2.63. The molecule has 0 fully saturated rings. The molecule has 0 saturated carbocycles. The summed E-state index contributed by atoms with van der Waals surface area (Å²) in [6.07, 6.45) is 0. The number of carbonyl (C=O) groups is 1. The molecule has 1 N–H and O–H groups in total. The zero-order chi connectivity index (χ0) is 20.0. The van der Waals surface area contributed by atoms with Crippen LogP contribution < -0.4 is 10.1 Å². The lowest BCUT2D eigenvalue weighted by Crippen LogP contribution is -2.31. The van der Waals surface area contributed by atoms with Crippen molar-refractivity contribution >= 4 is 33.2 Å². The molecule has 0 aliphatic heterocycles. The number of ether oxygens (including phenoxy) is 1. The van der Waals surface area contributed by atoms with Gasteiger partial charge in [0.2, 0.25) is 10.0 Å². The minimum atomic E-state index is -3.77. The van der Waals surface area contributed by atoms with Crippen LogP contribution in [0.2, 0.25) is 5.02 Å². The van der Waals surface area contributed by atoms with Gasteiger partial charge < -0.3 is 10.1 Å². The summed E-state index contributed by atoms with van der Waals surface area (Å²) in [7, 11) is -3.77. The number of anilines is 1. The third-order valence-corrected chi connectivity index (χ3v) is 6.25. The number of hydrogen-bond acceptors (Lipinski definition) is 4. The molecule has 0 aromatic heterocycles. The lowest BCUT2D eigenvalue weighted by Gasteiger charge is -2.19. The SMILES string of the molecule is CCN(CC)S(=O)(=O)c1cc(NC(=O)COc2ccc(F)cc2)ccc1Cl. The van der Waals surface area contributed by atoms with Crippen molar-refractivity contribution in [2.45, 2.75) is 18.7 Å². The van der Waals surface area contributed by atoms with Gasteiger partial charge in [-0.3, -0.25) is 4.79 Å². The van der Waals surface area contributed by atoms with Crippen LogP contribution in [0, 0.1) is 5.82 Å². The summed E-state index contributed by atoms with van der Waals surface area (Å²) in [5, 5.41) is 2.63. The van der Waals surface area contributed by atoms with Crippen molar-refractivity contribution in [3.63, 3.8) is 0 Å². The smallest absolute Gasteiger partial charge is 0.262 e. The second-order valence-corrected chi connectivity index (χ2v) is 7.84. The van der Waals surface area contributed by atoms with E-state index in [1.165, 1.54) is 46.8 Å². The Kier molecular flexibility index (Phi) is 7.18. The molecule has 1 amide bonds. The molecule has 0 atom stereocenters. The van der Waals surface area contributed by atoms with E-state index in [9.17, 15) is 17.6 Å². The largest absolute Gasteiger partial charge is 0.484 e. The van der Waals surface area contributed by atoms with E-state index in [4.69, 9.17) is 16.3 Å². The van der Waals surface area contributed by atoms with Crippen LogP contribution in [-0.2, 0) is 14.8 Å². The van der Waals surface area contributed by atoms with Gasteiger partial charge in [0.05, 0.1) is 5.02 Å². The first-order valence-corrected chi connectivity index (χ1v) is 10.1. The van der Waals surface area contributed by atoms with Crippen molar-refractivity contribution in [3.05, 3.63) is 53.3 Å². The minimum Gasteiger partial charge on any atom is -0.484 e. The molecule has 0 aliphatic carbocycles. The van der Waals surface area contributed by atoms with Crippen molar-refractivity contribution < 1.29 is 22.3 Å². The summed E-state index contributed by atoms with van der Waals surface area (Å²) in [4.78, 5) is 12.0. The number of benzene rings is 2. The normalized spacial score (nSPS) is 11.4. The van der Waals surface area contributed by atoms with Gasteiger partial charge in [0.15, 0.2) is 6.61 Å². The Balaban J connectivity index is 2.11. The van der Waals surface area contributed by atoms with Crippen LogP contribution in [0.1, 0.15) is 13.8 Å². The predicted octanol–water partition coefficient (Wildman–Crippen LogP) is 3.53. The lowest BCUT2D eigenvalue weighted by molar-refractivity contribution is -0.118. The maximum Gasteiger partial charge on any atom is 0.262 e. The summed E-state index contributed by atoms with van der Waals surface area (Å²) in [6, 6.07) is 9.46. The standard InChI is InChI=1S/C18H20ClFN2O4S/c1-3-22(4-2)27(24,25)17-11-14(7-10-16(17)19)21-18(23)12-26-15-8-5-13(20)6-9-15/h5-11H,3-4,12H2,1-2H3,(H,21,23). The number of nitrogens with zero attached hydrogens (tertiary/aromatic N) is 1. The van der Waals surface area contributed by atoms with Gasteiger partial charge in [-0.2, -0.15) is 4.31 Å². The fourth-order valence-electron chi connectivity index (χ4n) is 2.36. The molecule has 0 saturated heterocycles. The topological polar surface area (TPSA) is 75.7 Å². The molecule has 2 rings (SSSR count). The maximum atomic E-state index is 12.8. The Hall–Kier alpha value is -2.16. The summed E-state index contributed by atoms with van der Waals surface area (Å²) in [6.45, 7) is 3.75. The lowest BCUT2D eigenvalue weighted by atomic mass is 10.3. The third kappa shape index (κ3) is 5.41. The average molecular weight is 415 g/mol. The van der Waals surface area contributed by atoms with Gasteiger partial charge >= 0.3 is 0 Å². The van der Waals surface area contributed by atoms with Crippen LogP contribution in [0.3, 0.4) is 0 Å². The summed E-state index contributed by atoms with van der Waals surface area (Å²) in [5.41, 5.74) is 0.276. The number of halogens is 2. The first-order valence-electron chi connectivity index (χ1n) is 8.25. The highest BCUT2D eigenvalue weighted by Gasteiger charge is 2.25. The molecule has 27 heavy (non-hydrogen) atoms. The summed E-state index contributed by atoms with van der Waals surface area (Å²) in [5.74, 6) is -0.560. The highest BCUT2D eigenvalue weighted by Crippen LogP contribution is 2.27. The van der Waals surface area contributed by atoms with Crippen LogP contribution in [0.15, 0.2) is 47.4 Å². The fourth-order valence-corrected chi connectivity index (χ4v) is 4.32. The molecule has 0 bridgehead atoms. The van der Waals surface area contributed by atoms with E-state index >= 15 is 0 Å². The number of hydrogen-bond donors (Lipinski definition) is 1. The first kappa shape index (κ1) is 21.1. The molecular formula is C18H20ClFN2O4S. The molecule has 2 aromatic rings. The second kappa shape index (κ2) is 9.16. The van der Waals surface area contributed by atoms with E-state index in [2.05, 4.69) is 5.32 Å². The van der Waals surface area contributed by atoms with Gasteiger partial charge in [0.25, 0.3) is 5.91 Å². The van der Waals surface area contributed by atoms with Gasteiger partial charge in [-0.15, -0.1) is 0 Å². The Labute approximate surface area is 162 Å². The van der Waals surface area contributed by atoms with E-state index in [-0.39, 0.29) is 22.2 Å². The van der Waals surface area contributed by atoms with Crippen molar-refractivity contribution in [2.24, 2.45) is 0 Å². The van der Waals surface area contributed by atoms with Crippen molar-refractivity contribution in [2.75, 3.05) is 25.0 Å². The van der Waals surface area contributed by atoms with Crippen LogP contribution >= 0.6 is 11.6 Å². The monoisotopic (exact) mass is 414 g/mol. The van der Waals surface area contributed by atoms with Crippen LogP contribution in [0.5, 0.6) is 5.75 Å². The van der Waals surface area contributed by atoms with Gasteiger partial charge in [-0.25, -0.2) is 12.8 Å². The number of nitrogens with one attached hydrogen (secondary N) is 1. The maximum absolute atomic E-state index is 12.8. The van der Waals surface area contributed by atoms with E-state index in [1.54, 1.807) is 13.8 Å². The molecule has 0 spiro atoms. The molecule has 0 radical (unpaired) electrons. The first-order chi connectivity index (χ1) is 12.8. The molecule has 9 heteroatoms. The van der Waals surface area contributed by atoms with Crippen LogP contribution in [0.4, 0.5) is 10.1 Å². The minimum absolute atomic E-state index is 0.0717. The molecule has 2 aromatic carbocycles. The van der Waals surface area contributed by atoms with Gasteiger partial charge in [-0.1, -0.05) is 25.4 Å². The van der Waals surface area contributed by atoms with Crippen LogP contribution in [0.25, 0.3) is 0 Å². The summed E-state index contributed by atoms with van der Waals surface area (Å²) < 4.78 is 44.7. The molecular weight excluding hydrogens is 395 g/mol. The Morgan fingerprint density at radius 3 is 2.37 bits per heavy atom. The quantitative estimate of drug-likeness (QED) is 0.717. The zero-order valence-electron chi connectivity index (χ0n) is 14.9. The Bertz CT molecular complexity index is 900. The second-order valence-electron chi connectivity index (χ2n) is 5.53. The molecule has 0 aliphatic rings. The van der Waals surface area contributed by atoms with Crippen molar-refractivity contribution in [1.29, 1.82) is 0 Å². The van der Waals surface area contributed by atoms with E-state index < -0.39 is 21.7 Å². The van der Waals surface area contributed by atoms with Gasteiger partial charge in [0, 0.05) is 18.8 Å². The number of amides is 1. The Morgan fingerprint density at radius 2 is 1.78 bits per heavy atom. The molecule has 0 unspecified atom stereocenters. The molecule has 6 nitrogen and oxygen atoms in total. The predicted molar refractivity (Wildman–Crippen MR) is 102 cm³/mol. The highest BCUT2D eigenvalue weighted by molar-refractivity contribution is 7.89. The molecule has 0 heterocycles. The van der Waals surface area contributed by atoms with E-state index in [0.717, 1.165) is 0 Å². The molecule has 146 valence electrons. The number of sulfonamides is 1. The third-order valence-electron chi connectivity index (χ3n) is 3.72. The van der Waals surface area contributed by atoms with E-state index in [0.29, 0.717) is 18.8 Å². The van der Waals surface area contributed by atoms with Gasteiger partial charge in [0.1, 0.15) is 16.5 Å². The fraction of sp³-hybridized carbons (Fsp3) is 0.278. The van der Waals surface area contributed by atoms with E-state index in [1.807, 2.05) is 0 Å². The Morgan fingerprint density at radius 1 is 1.15 bits per heavy atom. The van der Waals surface area contributed by atoms with Crippen molar-refractivity contribution in [1.82, 2.24) is 4.31 Å². The van der Waals surface area contributed by atoms with Crippen LogP contribution in [-0.4, -0.2) is 38.3 Å². The number of carbonyl (C=O) groups excluding carboxylic acids is 1. The number of rotatable bonds is 8. The van der Waals surface area contributed by atoms with Gasteiger partial charge in [-0.05, 0) is 42.5 Å². The zero-order valence-corrected chi connectivity index (χ0v) is 16.5. The van der Waals surface area contributed by atoms with Crippen molar-refractivity contribution in [3.8, 4) is 5.75 Å². The highest BCUT2D eigenvalue weighted by atomic mass is 35.5. The summed E-state index contributed by atoms with van der Waals surface area (Å²) >= 11 is 6.06.